The van der Waals surface area contributed by atoms with Crippen molar-refractivity contribution < 1.29 is 14.3 Å². The number of anilines is 2. The normalized spacial score (nSPS) is 10.8. The Hall–Kier alpha value is -3.66. The van der Waals surface area contributed by atoms with Crippen molar-refractivity contribution in [2.24, 2.45) is 0 Å². The molecular weight excluding hydrogens is 404 g/mol. The van der Waals surface area contributed by atoms with Crippen molar-refractivity contribution in [2.75, 3.05) is 44.1 Å². The van der Waals surface area contributed by atoms with E-state index in [-0.39, 0.29) is 5.57 Å². The van der Waals surface area contributed by atoms with Crippen LogP contribution < -0.4 is 25.0 Å². The first-order valence-electron chi connectivity index (χ1n) is 10.7. The average Bonchev–Trinajstić information content (AvgIpc) is 2.81. The molecule has 0 spiro atoms. The van der Waals surface area contributed by atoms with Crippen LogP contribution >= 0.6 is 0 Å². The van der Waals surface area contributed by atoms with Crippen LogP contribution in [0.1, 0.15) is 25.0 Å². The lowest BCUT2D eigenvalue weighted by Gasteiger charge is -2.22. The van der Waals surface area contributed by atoms with Crippen LogP contribution in [0.15, 0.2) is 48.2 Å². The zero-order valence-corrected chi connectivity index (χ0v) is 19.5. The fraction of sp³-hybridized carbons (Fsp3) is 0.360. The molecule has 2 aromatic carbocycles. The molecule has 0 fully saturated rings. The maximum Gasteiger partial charge on any atom is 0.263 e. The smallest absolute Gasteiger partial charge is 0.263 e. The van der Waals surface area contributed by atoms with Gasteiger partial charge in [0, 0.05) is 37.2 Å². The van der Waals surface area contributed by atoms with E-state index in [9.17, 15) is 10.1 Å². The summed E-state index contributed by atoms with van der Waals surface area (Å²) in [6, 6.07) is 13.7. The molecule has 1 amide bonds. The lowest BCUT2D eigenvalue weighted by Crippen LogP contribution is -2.27. The van der Waals surface area contributed by atoms with Crippen LogP contribution in [-0.4, -0.2) is 39.8 Å². The molecule has 0 radical (unpaired) electrons. The van der Waals surface area contributed by atoms with Gasteiger partial charge in [0.25, 0.3) is 5.91 Å². The Morgan fingerprint density at radius 3 is 2.41 bits per heavy atom. The Balaban J connectivity index is 1.97. The highest BCUT2D eigenvalue weighted by molar-refractivity contribution is 5.97. The molecule has 32 heavy (non-hydrogen) atoms. The summed E-state index contributed by atoms with van der Waals surface area (Å²) in [4.78, 5) is 14.7. The Bertz CT molecular complexity index is 991. The van der Waals surface area contributed by atoms with Gasteiger partial charge in [-0.15, -0.1) is 0 Å². The number of aryl methyl sites for hydroxylation is 1. The van der Waals surface area contributed by atoms with Crippen LogP contribution in [0.2, 0.25) is 0 Å². The van der Waals surface area contributed by atoms with Crippen molar-refractivity contribution in [3.8, 4) is 17.6 Å². The summed E-state index contributed by atoms with van der Waals surface area (Å²) in [5, 5.41) is 15.3. The number of ether oxygens (including phenoxy) is 2. The van der Waals surface area contributed by atoms with E-state index in [0.717, 1.165) is 35.6 Å². The molecule has 2 N–H and O–H groups in total. The molecule has 0 saturated heterocycles. The summed E-state index contributed by atoms with van der Waals surface area (Å²) >= 11 is 0. The van der Waals surface area contributed by atoms with E-state index < -0.39 is 5.91 Å². The van der Waals surface area contributed by atoms with E-state index in [4.69, 9.17) is 9.47 Å². The van der Waals surface area contributed by atoms with Gasteiger partial charge in [-0.25, -0.2) is 0 Å². The topological polar surface area (TPSA) is 86.6 Å². The maximum absolute atomic E-state index is 12.4. The second kappa shape index (κ2) is 12.3. The number of carbonyl (C=O) groups excluding carboxylic acids is 1. The summed E-state index contributed by atoms with van der Waals surface area (Å²) in [7, 11) is 3.17. The number of methoxy groups -OCH3 is 2. The van der Waals surface area contributed by atoms with Crippen molar-refractivity contribution in [1.29, 1.82) is 5.26 Å². The summed E-state index contributed by atoms with van der Waals surface area (Å²) in [6.07, 6.45) is 2.05. The third-order valence-corrected chi connectivity index (χ3v) is 5.22. The van der Waals surface area contributed by atoms with Crippen LogP contribution in [-0.2, 0) is 11.2 Å². The fourth-order valence-electron chi connectivity index (χ4n) is 3.35. The third-order valence-electron chi connectivity index (χ3n) is 5.22. The molecule has 2 rings (SSSR count). The molecule has 7 nitrogen and oxygen atoms in total. The number of hydrogen-bond donors (Lipinski definition) is 2. The van der Waals surface area contributed by atoms with Gasteiger partial charge in [-0.2, -0.15) is 5.26 Å². The Kier molecular flexibility index (Phi) is 9.43. The third kappa shape index (κ3) is 6.42. The van der Waals surface area contributed by atoms with Gasteiger partial charge in [-0.05, 0) is 68.7 Å². The molecule has 0 aliphatic carbocycles. The lowest BCUT2D eigenvalue weighted by atomic mass is 10.1. The van der Waals surface area contributed by atoms with Gasteiger partial charge in [0.1, 0.15) is 11.6 Å². The minimum atomic E-state index is -0.419. The summed E-state index contributed by atoms with van der Waals surface area (Å²) in [6.45, 7) is 8.51. The highest BCUT2D eigenvalue weighted by Crippen LogP contribution is 2.27. The molecular formula is C25H32N4O3. The number of carbonyl (C=O) groups is 1. The number of nitrogens with one attached hydrogen (secondary N) is 2. The molecule has 2 aromatic rings. The largest absolute Gasteiger partial charge is 0.493 e. The molecule has 0 aliphatic rings. The zero-order chi connectivity index (χ0) is 23.5. The van der Waals surface area contributed by atoms with Crippen LogP contribution in [0, 0.1) is 18.3 Å². The number of benzene rings is 2. The zero-order valence-electron chi connectivity index (χ0n) is 19.5. The second-order valence-corrected chi connectivity index (χ2v) is 7.18. The van der Waals surface area contributed by atoms with E-state index in [1.165, 1.54) is 6.20 Å². The molecule has 7 heteroatoms. The maximum atomic E-state index is 12.4. The molecule has 0 aliphatic heterocycles. The standard InChI is InChI=1S/C25H32N4O3/c1-6-29(7-2)21-9-10-22(18(3)14-21)28-17-20(16-26)25(30)27-13-12-19-8-11-23(31-4)24(15-19)32-5/h8-11,14-15,17,28H,6-7,12-13H2,1-5H3,(H,27,30)/b20-17-. The highest BCUT2D eigenvalue weighted by atomic mass is 16.5. The SMILES string of the molecule is CCN(CC)c1ccc(N/C=C(/C#N)C(=O)NCCc2ccc(OC)c(OC)c2)c(C)c1. The van der Waals surface area contributed by atoms with Crippen molar-refractivity contribution in [3.05, 3.63) is 59.3 Å². The van der Waals surface area contributed by atoms with E-state index in [0.29, 0.717) is 24.5 Å². The molecule has 0 heterocycles. The molecule has 0 atom stereocenters. The lowest BCUT2D eigenvalue weighted by molar-refractivity contribution is -0.117. The first-order valence-corrected chi connectivity index (χ1v) is 10.7. The van der Waals surface area contributed by atoms with Crippen molar-refractivity contribution in [3.63, 3.8) is 0 Å². The van der Waals surface area contributed by atoms with Crippen LogP contribution in [0.5, 0.6) is 11.5 Å². The number of nitriles is 1. The van der Waals surface area contributed by atoms with Crippen LogP contribution in [0.4, 0.5) is 11.4 Å². The van der Waals surface area contributed by atoms with Crippen LogP contribution in [0.25, 0.3) is 0 Å². The second-order valence-electron chi connectivity index (χ2n) is 7.18. The van der Waals surface area contributed by atoms with E-state index in [1.807, 2.05) is 43.3 Å². The highest BCUT2D eigenvalue weighted by Gasteiger charge is 2.10. The van der Waals surface area contributed by atoms with Gasteiger partial charge in [-0.3, -0.25) is 4.79 Å². The molecule has 170 valence electrons. The molecule has 0 saturated carbocycles. The molecule has 0 aromatic heterocycles. The number of nitrogens with zero attached hydrogens (tertiary/aromatic N) is 2. The number of hydrogen-bond acceptors (Lipinski definition) is 6. The van der Waals surface area contributed by atoms with Gasteiger partial charge in [-0.1, -0.05) is 6.07 Å². The number of rotatable bonds is 11. The van der Waals surface area contributed by atoms with Gasteiger partial charge in [0.15, 0.2) is 11.5 Å². The number of amides is 1. The van der Waals surface area contributed by atoms with Gasteiger partial charge in [0.2, 0.25) is 0 Å². The van der Waals surface area contributed by atoms with E-state index in [1.54, 1.807) is 14.2 Å². The Labute approximate surface area is 190 Å². The predicted octanol–water partition coefficient (Wildman–Crippen LogP) is 4.04. The quantitative estimate of drug-likeness (QED) is 0.408. The van der Waals surface area contributed by atoms with Crippen molar-refractivity contribution >= 4 is 17.3 Å². The van der Waals surface area contributed by atoms with Gasteiger partial charge in [0.05, 0.1) is 14.2 Å². The average molecular weight is 437 g/mol. The first-order chi connectivity index (χ1) is 15.5. The summed E-state index contributed by atoms with van der Waals surface area (Å²) in [5.74, 6) is 0.875. The van der Waals surface area contributed by atoms with Crippen molar-refractivity contribution in [2.45, 2.75) is 27.2 Å². The Morgan fingerprint density at radius 2 is 1.81 bits per heavy atom. The summed E-state index contributed by atoms with van der Waals surface area (Å²) in [5.41, 5.74) is 4.05. The predicted molar refractivity (Wildman–Crippen MR) is 128 cm³/mol. The monoisotopic (exact) mass is 436 g/mol. The van der Waals surface area contributed by atoms with Gasteiger partial charge < -0.3 is 25.0 Å². The molecule has 0 unspecified atom stereocenters. The fourth-order valence-corrected chi connectivity index (χ4v) is 3.35. The van der Waals surface area contributed by atoms with Gasteiger partial charge >= 0.3 is 0 Å². The minimum absolute atomic E-state index is 0.0181. The van der Waals surface area contributed by atoms with Crippen LogP contribution in [0.3, 0.4) is 0 Å². The van der Waals surface area contributed by atoms with Crippen molar-refractivity contribution in [1.82, 2.24) is 5.32 Å². The van der Waals surface area contributed by atoms with E-state index in [2.05, 4.69) is 35.4 Å². The minimum Gasteiger partial charge on any atom is -0.493 e. The first kappa shape index (κ1) is 24.6. The van der Waals surface area contributed by atoms with E-state index >= 15 is 0 Å². The summed E-state index contributed by atoms with van der Waals surface area (Å²) < 4.78 is 10.5. The molecule has 0 bridgehead atoms. The Morgan fingerprint density at radius 1 is 1.09 bits per heavy atom.